The lowest BCUT2D eigenvalue weighted by molar-refractivity contribution is -0.128. The van der Waals surface area contributed by atoms with Crippen molar-refractivity contribution in [2.24, 2.45) is 5.41 Å². The number of pyridine rings is 1. The molecule has 3 saturated heterocycles. The zero-order valence-electron chi connectivity index (χ0n) is 20.3. The van der Waals surface area contributed by atoms with Gasteiger partial charge in [0.05, 0.1) is 23.3 Å². The molecule has 3 fully saturated rings. The molecular weight excluding hydrogens is 476 g/mol. The molecular formula is C27H31ClN6O2. The minimum atomic E-state index is -0.238. The molecule has 1 aromatic carbocycles. The number of nitrogens with zero attached hydrogens (tertiary/aromatic N) is 4. The standard InChI is InChI=1S/C27H31ClN6O2/c28-23-24(33-11-8-27(9-12-33)7-10-30-26(27)35)22(16-31-25(23)29)19-3-1-18(2-4-19)20-15-32-34(17-20)21-5-13-36-14-6-21/h1-4,15-17,21H,5-14H2,(H2,29,31)(H,30,35). The lowest BCUT2D eigenvalue weighted by Crippen LogP contribution is -2.44. The van der Waals surface area contributed by atoms with Crippen molar-refractivity contribution in [3.8, 4) is 22.3 Å². The average Bonchev–Trinajstić information content (AvgIpc) is 3.55. The molecule has 1 spiro atoms. The summed E-state index contributed by atoms with van der Waals surface area (Å²) in [6.45, 7) is 3.87. The third-order valence-electron chi connectivity index (χ3n) is 8.12. The Morgan fingerprint density at radius 1 is 1.03 bits per heavy atom. The summed E-state index contributed by atoms with van der Waals surface area (Å²) in [7, 11) is 0. The van der Waals surface area contributed by atoms with Crippen LogP contribution in [0.1, 0.15) is 38.1 Å². The lowest BCUT2D eigenvalue weighted by atomic mass is 9.77. The number of hydrogen-bond donors (Lipinski definition) is 2. The Morgan fingerprint density at radius 2 is 1.75 bits per heavy atom. The Hall–Kier alpha value is -3.10. The average molecular weight is 507 g/mol. The van der Waals surface area contributed by atoms with Gasteiger partial charge in [-0.3, -0.25) is 9.48 Å². The van der Waals surface area contributed by atoms with Crippen molar-refractivity contribution in [2.75, 3.05) is 43.5 Å². The molecule has 3 N–H and O–H groups in total. The third-order valence-corrected chi connectivity index (χ3v) is 8.50. The number of carbonyl (C=O) groups excluding carboxylic acids is 1. The molecule has 0 atom stereocenters. The first-order valence-electron chi connectivity index (χ1n) is 12.7. The molecule has 3 aliphatic rings. The van der Waals surface area contributed by atoms with Crippen LogP contribution in [0.3, 0.4) is 0 Å². The van der Waals surface area contributed by atoms with Gasteiger partial charge >= 0.3 is 0 Å². The van der Waals surface area contributed by atoms with Gasteiger partial charge in [0.2, 0.25) is 5.91 Å². The number of rotatable bonds is 4. The maximum atomic E-state index is 12.4. The monoisotopic (exact) mass is 506 g/mol. The quantitative estimate of drug-likeness (QED) is 0.547. The minimum Gasteiger partial charge on any atom is -0.382 e. The summed E-state index contributed by atoms with van der Waals surface area (Å²) in [4.78, 5) is 19.1. The van der Waals surface area contributed by atoms with Crippen LogP contribution in [0, 0.1) is 5.41 Å². The second-order valence-corrected chi connectivity index (χ2v) is 10.5. The van der Waals surface area contributed by atoms with Crippen LogP contribution in [0.2, 0.25) is 5.02 Å². The highest BCUT2D eigenvalue weighted by Crippen LogP contribution is 2.44. The van der Waals surface area contributed by atoms with Gasteiger partial charge in [-0.05, 0) is 43.2 Å². The van der Waals surface area contributed by atoms with Crippen LogP contribution in [0.25, 0.3) is 22.3 Å². The van der Waals surface area contributed by atoms with E-state index in [0.717, 1.165) is 92.9 Å². The van der Waals surface area contributed by atoms with Crippen molar-refractivity contribution in [2.45, 2.75) is 38.1 Å². The minimum absolute atomic E-state index is 0.193. The van der Waals surface area contributed by atoms with E-state index in [9.17, 15) is 4.79 Å². The molecule has 0 unspecified atom stereocenters. The Bertz CT molecular complexity index is 1260. The number of carbonyl (C=O) groups is 1. The van der Waals surface area contributed by atoms with E-state index in [1.54, 1.807) is 6.20 Å². The van der Waals surface area contributed by atoms with Crippen LogP contribution in [0.4, 0.5) is 11.5 Å². The molecule has 2 aromatic heterocycles. The SMILES string of the molecule is Nc1ncc(-c2ccc(-c3cnn(C4CCOCC4)c3)cc2)c(N2CCC3(CCNC3=O)CC2)c1Cl. The molecule has 36 heavy (non-hydrogen) atoms. The molecule has 0 bridgehead atoms. The second kappa shape index (κ2) is 9.41. The molecule has 9 heteroatoms. The van der Waals surface area contributed by atoms with E-state index in [2.05, 4.69) is 55.4 Å². The molecule has 6 rings (SSSR count). The number of benzene rings is 1. The summed E-state index contributed by atoms with van der Waals surface area (Å²) >= 11 is 6.74. The Morgan fingerprint density at radius 3 is 2.44 bits per heavy atom. The number of nitrogens with one attached hydrogen (secondary N) is 1. The summed E-state index contributed by atoms with van der Waals surface area (Å²) in [5.41, 5.74) is 11.0. The maximum Gasteiger partial charge on any atom is 0.226 e. The summed E-state index contributed by atoms with van der Waals surface area (Å²) in [5.74, 6) is 0.518. The maximum absolute atomic E-state index is 12.4. The predicted molar refractivity (Wildman–Crippen MR) is 141 cm³/mol. The van der Waals surface area contributed by atoms with E-state index in [0.29, 0.717) is 16.9 Å². The van der Waals surface area contributed by atoms with Gasteiger partial charge in [-0.25, -0.2) is 4.98 Å². The first-order valence-corrected chi connectivity index (χ1v) is 13.1. The number of piperidine rings is 1. The van der Waals surface area contributed by atoms with Gasteiger partial charge in [0.1, 0.15) is 10.8 Å². The van der Waals surface area contributed by atoms with E-state index in [-0.39, 0.29) is 11.3 Å². The van der Waals surface area contributed by atoms with Crippen LogP contribution >= 0.6 is 11.6 Å². The van der Waals surface area contributed by atoms with Crippen LogP contribution in [0.5, 0.6) is 0 Å². The zero-order valence-corrected chi connectivity index (χ0v) is 21.0. The number of amides is 1. The molecule has 188 valence electrons. The first-order chi connectivity index (χ1) is 17.5. The Balaban J connectivity index is 1.25. The normalized spacial score (nSPS) is 20.1. The first kappa shape index (κ1) is 23.3. The number of anilines is 2. The van der Waals surface area contributed by atoms with Crippen molar-refractivity contribution in [1.82, 2.24) is 20.1 Å². The number of aromatic nitrogens is 3. The molecule has 5 heterocycles. The topological polar surface area (TPSA) is 98.3 Å². The van der Waals surface area contributed by atoms with Crippen molar-refractivity contribution in [3.63, 3.8) is 0 Å². The van der Waals surface area contributed by atoms with Gasteiger partial charge in [0.15, 0.2) is 0 Å². The second-order valence-electron chi connectivity index (χ2n) is 10.1. The fourth-order valence-corrected chi connectivity index (χ4v) is 6.11. The fraction of sp³-hybridized carbons (Fsp3) is 0.444. The molecule has 1 amide bonds. The van der Waals surface area contributed by atoms with Gasteiger partial charge in [-0.15, -0.1) is 0 Å². The van der Waals surface area contributed by atoms with Crippen molar-refractivity contribution >= 4 is 29.0 Å². The summed E-state index contributed by atoms with van der Waals surface area (Å²) < 4.78 is 7.55. The van der Waals surface area contributed by atoms with Gasteiger partial charge < -0.3 is 20.7 Å². The largest absolute Gasteiger partial charge is 0.382 e. The van der Waals surface area contributed by atoms with E-state index < -0.39 is 0 Å². The summed E-state index contributed by atoms with van der Waals surface area (Å²) in [6, 6.07) is 8.83. The number of hydrogen-bond acceptors (Lipinski definition) is 6. The van der Waals surface area contributed by atoms with E-state index in [1.807, 2.05) is 6.20 Å². The zero-order chi connectivity index (χ0) is 24.7. The molecule has 0 saturated carbocycles. The van der Waals surface area contributed by atoms with Gasteiger partial charge in [0.25, 0.3) is 0 Å². The van der Waals surface area contributed by atoms with E-state index >= 15 is 0 Å². The van der Waals surface area contributed by atoms with Gasteiger partial charge in [-0.2, -0.15) is 5.10 Å². The lowest BCUT2D eigenvalue weighted by Gasteiger charge is -2.39. The van der Waals surface area contributed by atoms with Crippen LogP contribution < -0.4 is 16.0 Å². The number of halogens is 1. The highest BCUT2D eigenvalue weighted by molar-refractivity contribution is 6.36. The smallest absolute Gasteiger partial charge is 0.226 e. The fourth-order valence-electron chi connectivity index (χ4n) is 5.84. The Kier molecular flexibility index (Phi) is 6.09. The highest BCUT2D eigenvalue weighted by atomic mass is 35.5. The molecule has 8 nitrogen and oxygen atoms in total. The van der Waals surface area contributed by atoms with E-state index in [1.165, 1.54) is 0 Å². The summed E-state index contributed by atoms with van der Waals surface area (Å²) in [5, 5.41) is 8.09. The number of ether oxygens (including phenoxy) is 1. The van der Waals surface area contributed by atoms with Gasteiger partial charge in [0, 0.05) is 56.4 Å². The van der Waals surface area contributed by atoms with E-state index in [4.69, 9.17) is 22.1 Å². The Labute approximate surface area is 215 Å². The molecule has 0 aliphatic carbocycles. The van der Waals surface area contributed by atoms with Gasteiger partial charge in [-0.1, -0.05) is 35.9 Å². The van der Waals surface area contributed by atoms with Crippen LogP contribution in [-0.4, -0.2) is 53.5 Å². The molecule has 0 radical (unpaired) electrons. The number of nitrogen functional groups attached to an aromatic ring is 1. The van der Waals surface area contributed by atoms with Crippen LogP contribution in [-0.2, 0) is 9.53 Å². The molecule has 3 aliphatic heterocycles. The predicted octanol–water partition coefficient (Wildman–Crippen LogP) is 4.31. The number of nitrogens with two attached hydrogens (primary N) is 1. The highest BCUT2D eigenvalue weighted by Gasteiger charge is 2.44. The molecule has 3 aromatic rings. The van der Waals surface area contributed by atoms with Crippen molar-refractivity contribution in [1.29, 1.82) is 0 Å². The third kappa shape index (κ3) is 4.12. The summed E-state index contributed by atoms with van der Waals surface area (Å²) in [6.07, 6.45) is 10.4. The van der Waals surface area contributed by atoms with Crippen molar-refractivity contribution < 1.29 is 9.53 Å². The van der Waals surface area contributed by atoms with Crippen LogP contribution in [0.15, 0.2) is 42.9 Å². The van der Waals surface area contributed by atoms with Crippen molar-refractivity contribution in [3.05, 3.63) is 47.9 Å².